The third-order valence-corrected chi connectivity index (χ3v) is 4.26. The zero-order valence-electron chi connectivity index (χ0n) is 11.5. The highest BCUT2D eigenvalue weighted by molar-refractivity contribution is 6.30. The molecule has 0 bridgehead atoms. The van der Waals surface area contributed by atoms with Crippen molar-refractivity contribution in [1.29, 1.82) is 0 Å². The number of hydrogen-bond acceptors (Lipinski definition) is 1. The first-order valence-corrected chi connectivity index (χ1v) is 7.57. The summed E-state index contributed by atoms with van der Waals surface area (Å²) in [6.45, 7) is 2.26. The summed E-state index contributed by atoms with van der Waals surface area (Å²) in [5.41, 5.74) is 4.32. The number of carbonyl (C=O) groups is 1. The van der Waals surface area contributed by atoms with Gasteiger partial charge in [0.05, 0.1) is 0 Å². The number of rotatable bonds is 2. The highest BCUT2D eigenvalue weighted by Gasteiger charge is 2.24. The standard InChI is InChI=1S/C16H19ClN2O/c17-15-5-1-12(2-6-15)11-18-16(20)19-9-7-14(8-10-19)13-3-4-13/h1-2,5-6H,3-4,7-11H2,(H,18,20). The molecule has 106 valence electrons. The number of hydrogen-bond donors (Lipinski definition) is 1. The fourth-order valence-corrected chi connectivity index (χ4v) is 2.77. The number of allylic oxidation sites excluding steroid dienone is 1. The molecule has 1 aliphatic carbocycles. The van der Waals surface area contributed by atoms with Crippen LogP contribution in [-0.2, 0) is 6.54 Å². The van der Waals surface area contributed by atoms with Crippen LogP contribution in [0, 0.1) is 0 Å². The Balaban J connectivity index is 1.47. The SMILES string of the molecule is O=C(NCc1ccc(Cl)cc1)N1CCC(=C2CC2)CC1. The highest BCUT2D eigenvalue weighted by Crippen LogP contribution is 2.35. The lowest BCUT2D eigenvalue weighted by Gasteiger charge is -2.28. The fraction of sp³-hybridized carbons (Fsp3) is 0.438. The average molecular weight is 291 g/mol. The summed E-state index contributed by atoms with van der Waals surface area (Å²) in [5, 5.41) is 3.69. The Morgan fingerprint density at radius 2 is 1.65 bits per heavy atom. The van der Waals surface area contributed by atoms with Crippen molar-refractivity contribution >= 4 is 17.6 Å². The van der Waals surface area contributed by atoms with Gasteiger partial charge in [0.1, 0.15) is 0 Å². The molecule has 1 heterocycles. The molecule has 20 heavy (non-hydrogen) atoms. The van der Waals surface area contributed by atoms with Crippen molar-refractivity contribution in [3.8, 4) is 0 Å². The maximum atomic E-state index is 12.1. The third-order valence-electron chi connectivity index (χ3n) is 4.01. The zero-order chi connectivity index (χ0) is 13.9. The van der Waals surface area contributed by atoms with Crippen molar-refractivity contribution in [2.45, 2.75) is 32.2 Å². The molecule has 1 saturated heterocycles. The van der Waals surface area contributed by atoms with Gasteiger partial charge in [-0.05, 0) is 43.4 Å². The van der Waals surface area contributed by atoms with E-state index in [1.165, 1.54) is 12.8 Å². The topological polar surface area (TPSA) is 32.3 Å². The Morgan fingerprint density at radius 1 is 1.05 bits per heavy atom. The van der Waals surface area contributed by atoms with Crippen LogP contribution in [0.15, 0.2) is 35.4 Å². The zero-order valence-corrected chi connectivity index (χ0v) is 12.2. The Labute approximate surface area is 124 Å². The number of halogens is 1. The summed E-state index contributed by atoms with van der Waals surface area (Å²) >= 11 is 5.84. The number of urea groups is 1. The van der Waals surface area contributed by atoms with Crippen LogP contribution in [0.25, 0.3) is 0 Å². The monoisotopic (exact) mass is 290 g/mol. The number of benzene rings is 1. The molecule has 0 atom stereocenters. The second kappa shape index (κ2) is 5.88. The van der Waals surface area contributed by atoms with Crippen molar-refractivity contribution in [1.82, 2.24) is 10.2 Å². The predicted octanol–water partition coefficient (Wildman–Crippen LogP) is 3.74. The van der Waals surface area contributed by atoms with Crippen molar-refractivity contribution in [3.63, 3.8) is 0 Å². The quantitative estimate of drug-likeness (QED) is 0.827. The first-order valence-electron chi connectivity index (χ1n) is 7.19. The van der Waals surface area contributed by atoms with Crippen LogP contribution in [0.5, 0.6) is 0 Å². The Bertz CT molecular complexity index is 520. The molecule has 1 aromatic rings. The van der Waals surface area contributed by atoms with Crippen LogP contribution in [-0.4, -0.2) is 24.0 Å². The number of amides is 2. The third kappa shape index (κ3) is 3.34. The summed E-state index contributed by atoms with van der Waals surface area (Å²) in [7, 11) is 0. The first-order chi connectivity index (χ1) is 9.72. The van der Waals surface area contributed by atoms with E-state index in [0.29, 0.717) is 6.54 Å². The second-order valence-corrected chi connectivity index (χ2v) is 5.92. The molecule has 2 aliphatic rings. The number of nitrogens with one attached hydrogen (secondary N) is 1. The Morgan fingerprint density at radius 3 is 2.25 bits per heavy atom. The number of carbonyl (C=O) groups excluding carboxylic acids is 1. The van der Waals surface area contributed by atoms with Gasteiger partial charge in [0.25, 0.3) is 0 Å². The lowest BCUT2D eigenvalue weighted by Crippen LogP contribution is -2.42. The number of piperidine rings is 1. The van der Waals surface area contributed by atoms with E-state index in [1.54, 1.807) is 11.1 Å². The average Bonchev–Trinajstić information content (AvgIpc) is 3.31. The van der Waals surface area contributed by atoms with Crippen LogP contribution in [0.3, 0.4) is 0 Å². The molecule has 3 nitrogen and oxygen atoms in total. The molecule has 4 heteroatoms. The van der Waals surface area contributed by atoms with E-state index >= 15 is 0 Å². The highest BCUT2D eigenvalue weighted by atomic mass is 35.5. The van der Waals surface area contributed by atoms with Crippen LogP contribution in [0.1, 0.15) is 31.2 Å². The molecule has 2 fully saturated rings. The van der Waals surface area contributed by atoms with Gasteiger partial charge in [0.2, 0.25) is 0 Å². The Kier molecular flexibility index (Phi) is 3.97. The molecular weight excluding hydrogens is 272 g/mol. The molecule has 1 aliphatic heterocycles. The van der Waals surface area contributed by atoms with Crippen LogP contribution < -0.4 is 5.32 Å². The van der Waals surface area contributed by atoms with Gasteiger partial charge in [-0.15, -0.1) is 0 Å². The molecule has 3 rings (SSSR count). The molecule has 2 amide bonds. The minimum Gasteiger partial charge on any atom is -0.334 e. The minimum absolute atomic E-state index is 0.0415. The molecule has 0 spiro atoms. The van der Waals surface area contributed by atoms with Gasteiger partial charge in [-0.3, -0.25) is 0 Å². The smallest absolute Gasteiger partial charge is 0.317 e. The van der Waals surface area contributed by atoms with Crippen molar-refractivity contribution in [3.05, 3.63) is 46.0 Å². The molecule has 1 aromatic carbocycles. The van der Waals surface area contributed by atoms with Crippen molar-refractivity contribution < 1.29 is 4.79 Å². The van der Waals surface area contributed by atoms with Crippen LogP contribution in [0.4, 0.5) is 4.79 Å². The fourth-order valence-electron chi connectivity index (χ4n) is 2.64. The van der Waals surface area contributed by atoms with Gasteiger partial charge < -0.3 is 10.2 Å². The first kappa shape index (κ1) is 13.5. The minimum atomic E-state index is 0.0415. The van der Waals surface area contributed by atoms with Gasteiger partial charge in [-0.1, -0.05) is 34.9 Å². The maximum absolute atomic E-state index is 12.1. The van der Waals surface area contributed by atoms with Gasteiger partial charge in [-0.2, -0.15) is 0 Å². The lowest BCUT2D eigenvalue weighted by molar-refractivity contribution is 0.193. The molecule has 0 unspecified atom stereocenters. The van der Waals surface area contributed by atoms with E-state index in [9.17, 15) is 4.79 Å². The van der Waals surface area contributed by atoms with E-state index < -0.39 is 0 Å². The summed E-state index contributed by atoms with van der Waals surface area (Å²) in [6, 6.07) is 7.61. The summed E-state index contributed by atoms with van der Waals surface area (Å²) in [5.74, 6) is 0. The van der Waals surface area contributed by atoms with Gasteiger partial charge in [0.15, 0.2) is 0 Å². The predicted molar refractivity (Wildman–Crippen MR) is 80.8 cm³/mol. The molecule has 1 saturated carbocycles. The molecular formula is C16H19ClN2O. The largest absolute Gasteiger partial charge is 0.334 e. The molecule has 0 aromatic heterocycles. The van der Waals surface area contributed by atoms with Crippen molar-refractivity contribution in [2.75, 3.05) is 13.1 Å². The van der Waals surface area contributed by atoms with Crippen LogP contribution >= 0.6 is 11.6 Å². The van der Waals surface area contributed by atoms with E-state index in [4.69, 9.17) is 11.6 Å². The van der Waals surface area contributed by atoms with Gasteiger partial charge >= 0.3 is 6.03 Å². The maximum Gasteiger partial charge on any atom is 0.317 e. The van der Waals surface area contributed by atoms with Crippen LogP contribution in [0.2, 0.25) is 5.02 Å². The van der Waals surface area contributed by atoms with E-state index in [2.05, 4.69) is 5.32 Å². The molecule has 1 N–H and O–H groups in total. The number of nitrogens with zero attached hydrogens (tertiary/aromatic N) is 1. The summed E-state index contributed by atoms with van der Waals surface area (Å²) in [4.78, 5) is 14.0. The molecule has 0 radical (unpaired) electrons. The van der Waals surface area contributed by atoms with E-state index in [1.807, 2.05) is 29.2 Å². The van der Waals surface area contributed by atoms with E-state index in [-0.39, 0.29) is 6.03 Å². The Hall–Kier alpha value is -1.48. The lowest BCUT2D eigenvalue weighted by atomic mass is 10.0. The van der Waals surface area contributed by atoms with Crippen molar-refractivity contribution in [2.24, 2.45) is 0 Å². The van der Waals surface area contributed by atoms with Gasteiger partial charge in [0, 0.05) is 24.7 Å². The summed E-state index contributed by atoms with van der Waals surface area (Å²) < 4.78 is 0. The number of likely N-dealkylation sites (tertiary alicyclic amines) is 1. The van der Waals surface area contributed by atoms with Gasteiger partial charge in [-0.25, -0.2) is 4.79 Å². The summed E-state index contributed by atoms with van der Waals surface area (Å²) in [6.07, 6.45) is 4.70. The second-order valence-electron chi connectivity index (χ2n) is 5.48. The normalized spacial score (nSPS) is 18.1. The van der Waals surface area contributed by atoms with E-state index in [0.717, 1.165) is 36.5 Å².